The molecule has 4 heteroatoms. The van der Waals surface area contributed by atoms with Crippen molar-refractivity contribution in [2.75, 3.05) is 7.11 Å². The molecule has 1 heterocycles. The summed E-state index contributed by atoms with van der Waals surface area (Å²) >= 11 is 0. The summed E-state index contributed by atoms with van der Waals surface area (Å²) in [6.45, 7) is 0. The van der Waals surface area contributed by atoms with Gasteiger partial charge in [-0.2, -0.15) is 0 Å². The fraction of sp³-hybridized carbons (Fsp3) is 0.0833. The number of aliphatic imine (C=N–C) groups is 1. The summed E-state index contributed by atoms with van der Waals surface area (Å²) in [6, 6.07) is 9.39. The second kappa shape index (κ2) is 5.02. The molecule has 0 fully saturated rings. The van der Waals surface area contributed by atoms with Crippen molar-refractivity contribution in [3.05, 3.63) is 48.3 Å². The van der Waals surface area contributed by atoms with Crippen LogP contribution in [0.4, 0.5) is 5.95 Å². The van der Waals surface area contributed by atoms with Crippen molar-refractivity contribution in [2.24, 2.45) is 4.99 Å². The number of aromatic nitrogens is 2. The van der Waals surface area contributed by atoms with Gasteiger partial charge in [0.25, 0.3) is 0 Å². The van der Waals surface area contributed by atoms with E-state index in [2.05, 4.69) is 15.0 Å². The number of nitrogens with zero attached hydrogens (tertiary/aromatic N) is 3. The van der Waals surface area contributed by atoms with E-state index in [-0.39, 0.29) is 0 Å². The second-order valence-corrected chi connectivity index (χ2v) is 3.05. The minimum absolute atomic E-state index is 0.438. The molecule has 0 saturated heterocycles. The molecule has 0 atom stereocenters. The Morgan fingerprint density at radius 3 is 2.62 bits per heavy atom. The minimum Gasteiger partial charge on any atom is -0.496 e. The Balaban J connectivity index is 2.24. The molecule has 1 aromatic carbocycles. The van der Waals surface area contributed by atoms with Gasteiger partial charge in [-0.05, 0) is 18.2 Å². The van der Waals surface area contributed by atoms with E-state index in [9.17, 15) is 0 Å². The van der Waals surface area contributed by atoms with E-state index < -0.39 is 0 Å². The van der Waals surface area contributed by atoms with Gasteiger partial charge in [-0.3, -0.25) is 0 Å². The van der Waals surface area contributed by atoms with Gasteiger partial charge >= 0.3 is 0 Å². The molecule has 0 unspecified atom stereocenters. The molecule has 0 saturated carbocycles. The largest absolute Gasteiger partial charge is 0.496 e. The van der Waals surface area contributed by atoms with E-state index in [1.165, 1.54) is 0 Å². The Bertz CT molecular complexity index is 483. The summed E-state index contributed by atoms with van der Waals surface area (Å²) in [5.41, 5.74) is 0.900. The minimum atomic E-state index is 0.438. The summed E-state index contributed by atoms with van der Waals surface area (Å²) < 4.78 is 5.20. The van der Waals surface area contributed by atoms with E-state index in [4.69, 9.17) is 4.74 Å². The molecule has 0 bridgehead atoms. The van der Waals surface area contributed by atoms with Crippen LogP contribution in [0.3, 0.4) is 0 Å². The lowest BCUT2D eigenvalue weighted by Crippen LogP contribution is -1.90. The predicted molar refractivity (Wildman–Crippen MR) is 62.3 cm³/mol. The Morgan fingerprint density at radius 1 is 1.12 bits per heavy atom. The van der Waals surface area contributed by atoms with E-state index >= 15 is 0 Å². The molecular weight excluding hydrogens is 202 g/mol. The van der Waals surface area contributed by atoms with Gasteiger partial charge in [0.15, 0.2) is 0 Å². The average Bonchev–Trinajstić information content (AvgIpc) is 2.38. The standard InChI is InChI=1S/C12H11N3O/c1-16-11-6-3-2-5-10(11)9-15-12-13-7-4-8-14-12/h2-9H,1H3/b15-9+. The lowest BCUT2D eigenvalue weighted by molar-refractivity contribution is 0.414. The molecule has 0 radical (unpaired) electrons. The maximum Gasteiger partial charge on any atom is 0.249 e. The van der Waals surface area contributed by atoms with Crippen LogP contribution in [-0.4, -0.2) is 23.3 Å². The summed E-state index contributed by atoms with van der Waals surface area (Å²) in [4.78, 5) is 12.2. The third-order valence-electron chi connectivity index (χ3n) is 2.01. The van der Waals surface area contributed by atoms with Crippen molar-refractivity contribution in [2.45, 2.75) is 0 Å². The molecule has 4 nitrogen and oxygen atoms in total. The number of hydrogen-bond acceptors (Lipinski definition) is 4. The maximum absolute atomic E-state index is 5.20. The van der Waals surface area contributed by atoms with Crippen LogP contribution in [0.2, 0.25) is 0 Å². The van der Waals surface area contributed by atoms with Crippen molar-refractivity contribution in [1.29, 1.82) is 0 Å². The molecule has 0 aliphatic carbocycles. The highest BCUT2D eigenvalue weighted by Crippen LogP contribution is 2.15. The van der Waals surface area contributed by atoms with Crippen LogP contribution in [0, 0.1) is 0 Å². The first-order valence-corrected chi connectivity index (χ1v) is 4.84. The first-order chi connectivity index (χ1) is 7.90. The number of ether oxygens (including phenoxy) is 1. The smallest absolute Gasteiger partial charge is 0.249 e. The first-order valence-electron chi connectivity index (χ1n) is 4.84. The zero-order valence-corrected chi connectivity index (χ0v) is 8.87. The quantitative estimate of drug-likeness (QED) is 0.734. The summed E-state index contributed by atoms with van der Waals surface area (Å²) in [7, 11) is 1.63. The molecule has 0 aliphatic heterocycles. The van der Waals surface area contributed by atoms with Crippen LogP contribution in [-0.2, 0) is 0 Å². The molecule has 2 aromatic rings. The number of para-hydroxylation sites is 1. The van der Waals surface area contributed by atoms with Gasteiger partial charge in [-0.25, -0.2) is 15.0 Å². The molecule has 1 aromatic heterocycles. The van der Waals surface area contributed by atoms with Gasteiger partial charge in [-0.15, -0.1) is 0 Å². The molecule has 0 N–H and O–H groups in total. The third-order valence-corrected chi connectivity index (χ3v) is 2.01. The number of hydrogen-bond donors (Lipinski definition) is 0. The first kappa shape index (κ1) is 10.3. The topological polar surface area (TPSA) is 47.4 Å². The molecule has 0 spiro atoms. The van der Waals surface area contributed by atoms with Crippen molar-refractivity contribution >= 4 is 12.2 Å². The molecule has 2 rings (SSSR count). The van der Waals surface area contributed by atoms with Crippen LogP contribution in [0.5, 0.6) is 5.75 Å². The van der Waals surface area contributed by atoms with Crippen LogP contribution < -0.4 is 4.74 Å². The lowest BCUT2D eigenvalue weighted by atomic mass is 10.2. The Hall–Kier alpha value is -2.23. The Labute approximate surface area is 93.7 Å². The van der Waals surface area contributed by atoms with Gasteiger partial charge in [0, 0.05) is 24.2 Å². The highest BCUT2D eigenvalue weighted by molar-refractivity contribution is 5.84. The molecular formula is C12H11N3O. The molecule has 80 valence electrons. The lowest BCUT2D eigenvalue weighted by Gasteiger charge is -2.02. The fourth-order valence-corrected chi connectivity index (χ4v) is 1.26. The van der Waals surface area contributed by atoms with E-state index in [0.29, 0.717) is 5.95 Å². The molecule has 0 aliphatic rings. The predicted octanol–water partition coefficient (Wildman–Crippen LogP) is 2.24. The van der Waals surface area contributed by atoms with E-state index in [1.807, 2.05) is 24.3 Å². The monoisotopic (exact) mass is 213 g/mol. The highest BCUT2D eigenvalue weighted by Gasteiger charge is 1.97. The van der Waals surface area contributed by atoms with Crippen LogP contribution in [0.15, 0.2) is 47.7 Å². The zero-order valence-electron chi connectivity index (χ0n) is 8.87. The van der Waals surface area contributed by atoms with Gasteiger partial charge in [-0.1, -0.05) is 12.1 Å². The highest BCUT2D eigenvalue weighted by atomic mass is 16.5. The maximum atomic E-state index is 5.20. The van der Waals surface area contributed by atoms with Gasteiger partial charge in [0.2, 0.25) is 5.95 Å². The number of methoxy groups -OCH3 is 1. The average molecular weight is 213 g/mol. The molecule has 0 amide bonds. The van der Waals surface area contributed by atoms with Crippen molar-refractivity contribution in [3.8, 4) is 5.75 Å². The SMILES string of the molecule is COc1ccccc1/C=N/c1ncccn1. The van der Waals surface area contributed by atoms with Gasteiger partial charge < -0.3 is 4.74 Å². The van der Waals surface area contributed by atoms with Crippen LogP contribution >= 0.6 is 0 Å². The van der Waals surface area contributed by atoms with Crippen molar-refractivity contribution in [3.63, 3.8) is 0 Å². The Morgan fingerprint density at radius 2 is 1.88 bits per heavy atom. The van der Waals surface area contributed by atoms with Gasteiger partial charge in [0.1, 0.15) is 5.75 Å². The number of rotatable bonds is 3. The normalized spacial score (nSPS) is 10.6. The van der Waals surface area contributed by atoms with Crippen molar-refractivity contribution < 1.29 is 4.74 Å². The van der Waals surface area contributed by atoms with Crippen molar-refractivity contribution in [1.82, 2.24) is 9.97 Å². The summed E-state index contributed by atoms with van der Waals surface area (Å²) in [5.74, 6) is 1.22. The zero-order chi connectivity index (χ0) is 11.2. The third kappa shape index (κ3) is 2.42. The summed E-state index contributed by atoms with van der Waals surface area (Å²) in [5, 5.41) is 0. The second-order valence-electron chi connectivity index (χ2n) is 3.05. The van der Waals surface area contributed by atoms with Crippen LogP contribution in [0.1, 0.15) is 5.56 Å². The van der Waals surface area contributed by atoms with E-state index in [0.717, 1.165) is 11.3 Å². The van der Waals surface area contributed by atoms with Crippen LogP contribution in [0.25, 0.3) is 0 Å². The Kier molecular flexibility index (Phi) is 3.23. The summed E-state index contributed by atoms with van der Waals surface area (Å²) in [6.07, 6.45) is 5.00. The van der Waals surface area contributed by atoms with Gasteiger partial charge in [0.05, 0.1) is 7.11 Å². The molecule has 16 heavy (non-hydrogen) atoms. The van der Waals surface area contributed by atoms with E-state index in [1.54, 1.807) is 31.8 Å². The fourth-order valence-electron chi connectivity index (χ4n) is 1.26. The number of benzene rings is 1.